The predicted octanol–water partition coefficient (Wildman–Crippen LogP) is 3.54. The molecule has 0 aliphatic rings. The molecule has 106 valence electrons. The van der Waals surface area contributed by atoms with E-state index >= 15 is 0 Å². The van der Waals surface area contributed by atoms with E-state index in [9.17, 15) is 8.42 Å². The van der Waals surface area contributed by atoms with Gasteiger partial charge in [-0.3, -0.25) is 0 Å². The second kappa shape index (κ2) is 5.54. The SMILES string of the molecule is Cc1cc(C)c(S(=O)(=O)Oc2ccccn2)c(C)c1Br. The maximum absolute atomic E-state index is 12.4. The predicted molar refractivity (Wildman–Crippen MR) is 80.4 cm³/mol. The van der Waals surface area contributed by atoms with E-state index in [2.05, 4.69) is 20.9 Å². The van der Waals surface area contributed by atoms with Crippen LogP contribution in [0, 0.1) is 20.8 Å². The maximum Gasteiger partial charge on any atom is 0.341 e. The smallest absolute Gasteiger partial charge is 0.341 e. The largest absolute Gasteiger partial charge is 0.358 e. The molecule has 0 aliphatic carbocycles. The Hall–Kier alpha value is -1.40. The summed E-state index contributed by atoms with van der Waals surface area (Å²) in [7, 11) is -3.91. The first-order valence-corrected chi connectivity index (χ1v) is 8.15. The van der Waals surface area contributed by atoms with E-state index in [1.165, 1.54) is 12.3 Å². The lowest BCUT2D eigenvalue weighted by atomic mass is 10.1. The summed E-state index contributed by atoms with van der Waals surface area (Å²) >= 11 is 3.41. The highest BCUT2D eigenvalue weighted by Gasteiger charge is 2.24. The van der Waals surface area contributed by atoms with Crippen LogP contribution in [0.25, 0.3) is 0 Å². The molecule has 0 radical (unpaired) electrons. The van der Waals surface area contributed by atoms with Gasteiger partial charge in [0.2, 0.25) is 5.88 Å². The minimum absolute atomic E-state index is 0.0583. The van der Waals surface area contributed by atoms with Crippen LogP contribution in [0.15, 0.2) is 39.8 Å². The minimum atomic E-state index is -3.91. The van der Waals surface area contributed by atoms with E-state index in [0.29, 0.717) is 11.1 Å². The van der Waals surface area contributed by atoms with Gasteiger partial charge in [-0.2, -0.15) is 8.42 Å². The molecule has 0 fully saturated rings. The molecule has 4 nitrogen and oxygen atoms in total. The normalized spacial score (nSPS) is 11.4. The van der Waals surface area contributed by atoms with Crippen LogP contribution >= 0.6 is 15.9 Å². The van der Waals surface area contributed by atoms with Gasteiger partial charge in [0.1, 0.15) is 4.90 Å². The number of hydrogen-bond acceptors (Lipinski definition) is 4. The Morgan fingerprint density at radius 3 is 2.45 bits per heavy atom. The number of hydrogen-bond donors (Lipinski definition) is 0. The topological polar surface area (TPSA) is 56.3 Å². The zero-order valence-electron chi connectivity index (χ0n) is 11.3. The summed E-state index contributed by atoms with van der Waals surface area (Å²) in [5.41, 5.74) is 2.27. The molecule has 0 saturated carbocycles. The van der Waals surface area contributed by atoms with Gasteiger partial charge in [0, 0.05) is 16.7 Å². The molecule has 2 rings (SSSR count). The molecule has 0 aliphatic heterocycles. The number of benzene rings is 1. The van der Waals surface area contributed by atoms with Crippen LogP contribution in [0.4, 0.5) is 0 Å². The van der Waals surface area contributed by atoms with Crippen molar-refractivity contribution < 1.29 is 12.6 Å². The number of nitrogens with zero attached hydrogens (tertiary/aromatic N) is 1. The highest BCUT2D eigenvalue weighted by Crippen LogP contribution is 2.31. The van der Waals surface area contributed by atoms with Crippen LogP contribution in [0.2, 0.25) is 0 Å². The van der Waals surface area contributed by atoms with Gasteiger partial charge < -0.3 is 4.18 Å². The molecule has 0 atom stereocenters. The van der Waals surface area contributed by atoms with E-state index in [1.54, 1.807) is 26.0 Å². The highest BCUT2D eigenvalue weighted by atomic mass is 79.9. The molecule has 0 unspecified atom stereocenters. The molecule has 20 heavy (non-hydrogen) atoms. The number of aromatic nitrogens is 1. The third kappa shape index (κ3) is 2.86. The lowest BCUT2D eigenvalue weighted by Crippen LogP contribution is -2.14. The molecule has 0 bridgehead atoms. The number of aryl methyl sites for hydroxylation is 2. The lowest BCUT2D eigenvalue weighted by molar-refractivity contribution is 0.475. The van der Waals surface area contributed by atoms with Gasteiger partial charge in [0.25, 0.3) is 0 Å². The Bertz CT molecular complexity index is 743. The van der Waals surface area contributed by atoms with Crippen molar-refractivity contribution in [2.75, 3.05) is 0 Å². The Morgan fingerprint density at radius 1 is 1.15 bits per heavy atom. The first-order valence-electron chi connectivity index (χ1n) is 5.95. The number of rotatable bonds is 3. The summed E-state index contributed by atoms with van der Waals surface area (Å²) in [4.78, 5) is 4.06. The molecule has 1 heterocycles. The average Bonchev–Trinajstić information content (AvgIpc) is 2.36. The fourth-order valence-electron chi connectivity index (χ4n) is 2.08. The van der Waals surface area contributed by atoms with Crippen LogP contribution in [0.1, 0.15) is 16.7 Å². The molecular formula is C14H14BrNO3S. The van der Waals surface area contributed by atoms with Crippen LogP contribution in [0.5, 0.6) is 5.88 Å². The third-order valence-electron chi connectivity index (χ3n) is 2.89. The average molecular weight is 356 g/mol. The zero-order valence-corrected chi connectivity index (χ0v) is 13.7. The van der Waals surface area contributed by atoms with Crippen molar-refractivity contribution in [3.63, 3.8) is 0 Å². The lowest BCUT2D eigenvalue weighted by Gasteiger charge is -2.14. The molecule has 2 aromatic rings. The van der Waals surface area contributed by atoms with Gasteiger partial charge in [-0.15, -0.1) is 0 Å². The van der Waals surface area contributed by atoms with Crippen LogP contribution in [0.3, 0.4) is 0 Å². The summed E-state index contributed by atoms with van der Waals surface area (Å²) in [6.45, 7) is 5.42. The van der Waals surface area contributed by atoms with Gasteiger partial charge in [0.15, 0.2) is 0 Å². The summed E-state index contributed by atoms with van der Waals surface area (Å²) < 4.78 is 30.7. The molecule has 0 saturated heterocycles. The highest BCUT2D eigenvalue weighted by molar-refractivity contribution is 9.10. The third-order valence-corrected chi connectivity index (χ3v) is 5.63. The quantitative estimate of drug-likeness (QED) is 0.790. The molecule has 0 spiro atoms. The molecule has 0 N–H and O–H groups in total. The van der Waals surface area contributed by atoms with Crippen molar-refractivity contribution in [2.24, 2.45) is 0 Å². The molecule has 1 aromatic heterocycles. The number of pyridine rings is 1. The van der Waals surface area contributed by atoms with E-state index in [0.717, 1.165) is 10.0 Å². The van der Waals surface area contributed by atoms with Crippen LogP contribution < -0.4 is 4.18 Å². The second-order valence-corrected chi connectivity index (χ2v) is 6.76. The van der Waals surface area contributed by atoms with Crippen molar-refractivity contribution in [1.82, 2.24) is 4.98 Å². The molecule has 1 aromatic carbocycles. The first-order chi connectivity index (χ1) is 9.33. The van der Waals surface area contributed by atoms with Gasteiger partial charge in [-0.05, 0) is 43.5 Å². The second-order valence-electron chi connectivity index (χ2n) is 4.48. The molecule has 0 amide bonds. The van der Waals surface area contributed by atoms with Crippen molar-refractivity contribution in [2.45, 2.75) is 25.7 Å². The summed E-state index contributed by atoms with van der Waals surface area (Å²) in [6.07, 6.45) is 1.48. The van der Waals surface area contributed by atoms with Crippen molar-refractivity contribution in [1.29, 1.82) is 0 Å². The van der Waals surface area contributed by atoms with Gasteiger partial charge in [-0.25, -0.2) is 4.98 Å². The Balaban J connectivity index is 2.53. The standard InChI is InChI=1S/C14H14BrNO3S/c1-9-8-10(2)14(11(3)13(9)15)20(17,18)19-12-6-4-5-7-16-12/h4-8H,1-3H3. The number of halogens is 1. The van der Waals surface area contributed by atoms with Gasteiger partial charge >= 0.3 is 10.1 Å². The van der Waals surface area contributed by atoms with Crippen molar-refractivity contribution in [3.8, 4) is 5.88 Å². The van der Waals surface area contributed by atoms with E-state index < -0.39 is 10.1 Å². The minimum Gasteiger partial charge on any atom is -0.358 e. The Labute approximate surface area is 127 Å². The van der Waals surface area contributed by atoms with Crippen molar-refractivity contribution in [3.05, 3.63) is 51.6 Å². The zero-order chi connectivity index (χ0) is 14.9. The Morgan fingerprint density at radius 2 is 1.85 bits per heavy atom. The Kier molecular flexibility index (Phi) is 4.15. The van der Waals surface area contributed by atoms with E-state index in [1.807, 2.05) is 13.0 Å². The van der Waals surface area contributed by atoms with Crippen molar-refractivity contribution >= 4 is 26.0 Å². The molecule has 6 heteroatoms. The van der Waals surface area contributed by atoms with Gasteiger partial charge in [-0.1, -0.05) is 28.1 Å². The fourth-order valence-corrected chi connectivity index (χ4v) is 3.86. The fraction of sp³-hybridized carbons (Fsp3) is 0.214. The molecular weight excluding hydrogens is 342 g/mol. The summed E-state index contributed by atoms with van der Waals surface area (Å²) in [6, 6.07) is 6.68. The maximum atomic E-state index is 12.4. The van der Waals surface area contributed by atoms with Crippen LogP contribution in [-0.4, -0.2) is 13.4 Å². The summed E-state index contributed by atoms with van der Waals surface area (Å²) in [5.74, 6) is 0.0583. The monoisotopic (exact) mass is 355 g/mol. The van der Waals surface area contributed by atoms with E-state index in [-0.39, 0.29) is 10.8 Å². The van der Waals surface area contributed by atoms with E-state index in [4.69, 9.17) is 4.18 Å². The first kappa shape index (κ1) is 15.0. The van der Waals surface area contributed by atoms with Crippen LogP contribution in [-0.2, 0) is 10.1 Å². The van der Waals surface area contributed by atoms with Gasteiger partial charge in [0.05, 0.1) is 0 Å². The summed E-state index contributed by atoms with van der Waals surface area (Å²) in [5, 5.41) is 0.